The van der Waals surface area contributed by atoms with Gasteiger partial charge in [0.25, 0.3) is 0 Å². The summed E-state index contributed by atoms with van der Waals surface area (Å²) in [6.45, 7) is 2.87. The predicted molar refractivity (Wildman–Crippen MR) is 71.7 cm³/mol. The molecule has 1 heterocycles. The zero-order valence-electron chi connectivity index (χ0n) is 10.6. The number of hydrogen-bond acceptors (Lipinski definition) is 4. The fourth-order valence-corrected chi connectivity index (χ4v) is 3.43. The van der Waals surface area contributed by atoms with Crippen molar-refractivity contribution in [2.75, 3.05) is 31.9 Å². The van der Waals surface area contributed by atoms with Gasteiger partial charge >= 0.3 is 0 Å². The van der Waals surface area contributed by atoms with Gasteiger partial charge in [0.05, 0.1) is 5.69 Å². The molecule has 1 fully saturated rings. The number of rotatable bonds is 5. The molecule has 106 valence electrons. The first kappa shape index (κ1) is 14.2. The van der Waals surface area contributed by atoms with Gasteiger partial charge in [-0.15, -0.1) is 0 Å². The fraction of sp³-hybridized carbons (Fsp3) is 0.500. The summed E-state index contributed by atoms with van der Waals surface area (Å²) in [5.41, 5.74) is 5.46. The highest BCUT2D eigenvalue weighted by atomic mass is 32.2. The lowest BCUT2D eigenvalue weighted by atomic mass is 10.3. The Balaban J connectivity index is 2.01. The van der Waals surface area contributed by atoms with E-state index < -0.39 is 20.7 Å². The van der Waals surface area contributed by atoms with Crippen LogP contribution in [0.3, 0.4) is 0 Å². The van der Waals surface area contributed by atoms with Crippen LogP contribution in [0.1, 0.15) is 12.8 Å². The van der Waals surface area contributed by atoms with Crippen LogP contribution in [0.2, 0.25) is 0 Å². The van der Waals surface area contributed by atoms with Crippen LogP contribution in [0.15, 0.2) is 23.1 Å². The lowest BCUT2D eigenvalue weighted by Crippen LogP contribution is -2.34. The van der Waals surface area contributed by atoms with Gasteiger partial charge in [-0.3, -0.25) is 0 Å². The van der Waals surface area contributed by atoms with Gasteiger partial charge in [-0.05, 0) is 38.1 Å². The van der Waals surface area contributed by atoms with E-state index in [4.69, 9.17) is 5.73 Å². The molecule has 0 aromatic heterocycles. The Morgan fingerprint density at radius 2 is 2.00 bits per heavy atom. The molecule has 0 radical (unpaired) electrons. The second-order valence-electron chi connectivity index (χ2n) is 4.60. The van der Waals surface area contributed by atoms with Crippen molar-refractivity contribution in [2.24, 2.45) is 0 Å². The smallest absolute Gasteiger partial charge is 0.245 e. The zero-order valence-corrected chi connectivity index (χ0v) is 11.4. The van der Waals surface area contributed by atoms with Crippen molar-refractivity contribution in [1.82, 2.24) is 9.62 Å². The van der Waals surface area contributed by atoms with E-state index in [1.165, 1.54) is 12.1 Å². The first-order valence-electron chi connectivity index (χ1n) is 6.27. The first-order chi connectivity index (χ1) is 9.00. The predicted octanol–water partition coefficient (Wildman–Crippen LogP) is 0.782. The molecule has 0 atom stereocenters. The Bertz CT molecular complexity index is 522. The second-order valence-corrected chi connectivity index (χ2v) is 6.31. The van der Waals surface area contributed by atoms with E-state index in [0.717, 1.165) is 32.0 Å². The highest BCUT2D eigenvalue weighted by molar-refractivity contribution is 7.89. The van der Waals surface area contributed by atoms with Gasteiger partial charge in [-0.1, -0.05) is 6.07 Å². The number of anilines is 1. The van der Waals surface area contributed by atoms with Gasteiger partial charge < -0.3 is 10.6 Å². The fourth-order valence-electron chi connectivity index (χ4n) is 2.23. The maximum absolute atomic E-state index is 13.6. The van der Waals surface area contributed by atoms with Crippen LogP contribution >= 0.6 is 0 Å². The van der Waals surface area contributed by atoms with Crippen LogP contribution in [0.5, 0.6) is 0 Å². The van der Waals surface area contributed by atoms with Crippen molar-refractivity contribution in [3.63, 3.8) is 0 Å². The summed E-state index contributed by atoms with van der Waals surface area (Å²) in [4.78, 5) is 1.71. The van der Waals surface area contributed by atoms with Gasteiger partial charge in [0, 0.05) is 13.1 Å². The third-order valence-corrected chi connectivity index (χ3v) is 4.74. The second kappa shape index (κ2) is 5.85. The number of halogens is 1. The van der Waals surface area contributed by atoms with Crippen LogP contribution in [0.25, 0.3) is 0 Å². The van der Waals surface area contributed by atoms with Gasteiger partial charge in [0.15, 0.2) is 0 Å². The Hall–Kier alpha value is -1.18. The van der Waals surface area contributed by atoms with E-state index in [2.05, 4.69) is 9.62 Å². The summed E-state index contributed by atoms with van der Waals surface area (Å²) < 4.78 is 40.0. The number of nitrogens with zero attached hydrogens (tertiary/aromatic N) is 1. The first-order valence-corrected chi connectivity index (χ1v) is 7.75. The molecule has 0 bridgehead atoms. The zero-order chi connectivity index (χ0) is 13.9. The van der Waals surface area contributed by atoms with E-state index in [9.17, 15) is 12.8 Å². The number of hydrogen-bond donors (Lipinski definition) is 2. The minimum atomic E-state index is -3.89. The summed E-state index contributed by atoms with van der Waals surface area (Å²) in [7, 11) is -3.89. The Kier molecular flexibility index (Phi) is 4.38. The Morgan fingerprint density at radius 1 is 1.32 bits per heavy atom. The van der Waals surface area contributed by atoms with Crippen molar-refractivity contribution in [3.8, 4) is 0 Å². The van der Waals surface area contributed by atoms with Gasteiger partial charge in [0.1, 0.15) is 10.7 Å². The molecular weight excluding hydrogens is 269 g/mol. The van der Waals surface area contributed by atoms with E-state index in [1.807, 2.05) is 0 Å². The van der Waals surface area contributed by atoms with E-state index in [1.54, 1.807) is 0 Å². The third kappa shape index (κ3) is 3.43. The van der Waals surface area contributed by atoms with E-state index >= 15 is 0 Å². The molecule has 0 amide bonds. The number of nitrogens with one attached hydrogen (secondary N) is 1. The highest BCUT2D eigenvalue weighted by Gasteiger charge is 2.22. The lowest BCUT2D eigenvalue weighted by molar-refractivity contribution is 0.344. The van der Waals surface area contributed by atoms with Crippen LogP contribution in [0.4, 0.5) is 10.1 Å². The Morgan fingerprint density at radius 3 is 2.63 bits per heavy atom. The quantitative estimate of drug-likeness (QED) is 0.785. The van der Waals surface area contributed by atoms with Crippen molar-refractivity contribution in [1.29, 1.82) is 0 Å². The van der Waals surface area contributed by atoms with Crippen molar-refractivity contribution < 1.29 is 12.8 Å². The summed E-state index contributed by atoms with van der Waals surface area (Å²) in [6, 6.07) is 3.84. The summed E-state index contributed by atoms with van der Waals surface area (Å²) in [5, 5.41) is 0. The molecule has 0 aliphatic carbocycles. The standard InChI is InChI=1S/C12H18FN3O2S/c13-10-4-3-5-11(14)12(10)19(17,18)15-6-9-16-7-1-2-8-16/h3-5,15H,1-2,6-9,14H2. The molecule has 1 aromatic carbocycles. The molecule has 0 saturated carbocycles. The monoisotopic (exact) mass is 287 g/mol. The van der Waals surface area contributed by atoms with Crippen LogP contribution in [0, 0.1) is 5.82 Å². The Labute approximate surface area is 112 Å². The number of benzene rings is 1. The van der Waals surface area contributed by atoms with Crippen molar-refractivity contribution in [2.45, 2.75) is 17.7 Å². The van der Waals surface area contributed by atoms with Crippen LogP contribution < -0.4 is 10.5 Å². The van der Waals surface area contributed by atoms with Crippen molar-refractivity contribution >= 4 is 15.7 Å². The van der Waals surface area contributed by atoms with Crippen LogP contribution in [-0.4, -0.2) is 39.5 Å². The molecule has 3 N–H and O–H groups in total. The topological polar surface area (TPSA) is 75.4 Å². The molecule has 0 unspecified atom stereocenters. The summed E-state index contributed by atoms with van der Waals surface area (Å²) >= 11 is 0. The molecule has 19 heavy (non-hydrogen) atoms. The summed E-state index contributed by atoms with van der Waals surface area (Å²) in [5.74, 6) is -0.825. The number of nitrogens with two attached hydrogens (primary N) is 1. The lowest BCUT2D eigenvalue weighted by Gasteiger charge is -2.15. The molecule has 1 aromatic rings. The van der Waals surface area contributed by atoms with Crippen molar-refractivity contribution in [3.05, 3.63) is 24.0 Å². The van der Waals surface area contributed by atoms with Gasteiger partial charge in [-0.25, -0.2) is 17.5 Å². The highest BCUT2D eigenvalue weighted by Crippen LogP contribution is 2.21. The molecule has 1 aliphatic heterocycles. The van der Waals surface area contributed by atoms with Gasteiger partial charge in [0.2, 0.25) is 10.0 Å². The molecule has 7 heteroatoms. The largest absolute Gasteiger partial charge is 0.398 e. The molecular formula is C12H18FN3O2S. The average molecular weight is 287 g/mol. The molecule has 0 spiro atoms. The minimum Gasteiger partial charge on any atom is -0.398 e. The van der Waals surface area contributed by atoms with Crippen LogP contribution in [-0.2, 0) is 10.0 Å². The minimum absolute atomic E-state index is 0.0753. The normalized spacial score (nSPS) is 16.9. The molecule has 2 rings (SSSR count). The number of nitrogen functional groups attached to an aromatic ring is 1. The van der Waals surface area contributed by atoms with E-state index in [0.29, 0.717) is 6.54 Å². The number of likely N-dealkylation sites (tertiary alicyclic amines) is 1. The third-order valence-electron chi connectivity index (χ3n) is 3.18. The molecule has 1 aliphatic rings. The maximum atomic E-state index is 13.6. The summed E-state index contributed by atoms with van der Waals surface area (Å²) in [6.07, 6.45) is 2.29. The maximum Gasteiger partial charge on any atom is 0.245 e. The SMILES string of the molecule is Nc1cccc(F)c1S(=O)(=O)NCCN1CCCC1. The molecule has 5 nitrogen and oxygen atoms in total. The molecule has 1 saturated heterocycles. The van der Waals surface area contributed by atoms with E-state index in [-0.39, 0.29) is 12.2 Å². The average Bonchev–Trinajstić information content (AvgIpc) is 2.81. The van der Waals surface area contributed by atoms with Gasteiger partial charge in [-0.2, -0.15) is 0 Å². The number of sulfonamides is 1.